The van der Waals surface area contributed by atoms with Crippen molar-refractivity contribution in [3.63, 3.8) is 0 Å². The first-order valence-electron chi connectivity index (χ1n) is 5.73. The topological polar surface area (TPSA) is 68.3 Å². The maximum absolute atomic E-state index is 12.2. The van der Waals surface area contributed by atoms with Crippen LogP contribution >= 0.6 is 34.5 Å². The molecule has 1 N–H and O–H groups in total. The molecule has 2 rings (SSSR count). The summed E-state index contributed by atoms with van der Waals surface area (Å²) in [6, 6.07) is 2.96. The van der Waals surface area contributed by atoms with Gasteiger partial charge in [-0.1, -0.05) is 23.2 Å². The van der Waals surface area contributed by atoms with E-state index in [-0.39, 0.29) is 15.9 Å². The van der Waals surface area contributed by atoms with Crippen molar-refractivity contribution in [1.82, 2.24) is 4.98 Å². The van der Waals surface area contributed by atoms with E-state index in [0.717, 1.165) is 5.56 Å². The molecule has 0 spiro atoms. The van der Waals surface area contributed by atoms with Gasteiger partial charge in [-0.05, 0) is 30.0 Å². The van der Waals surface area contributed by atoms with Gasteiger partial charge in [0.05, 0.1) is 17.8 Å². The number of rotatable bonds is 3. The average Bonchev–Trinajstić information content (AvgIpc) is 2.82. The van der Waals surface area contributed by atoms with Crippen LogP contribution in [-0.4, -0.2) is 24.0 Å². The molecule has 2 aromatic rings. The zero-order valence-electron chi connectivity index (χ0n) is 11.1. The quantitative estimate of drug-likeness (QED) is 0.679. The Bertz CT molecular complexity index is 715. The Morgan fingerprint density at radius 3 is 2.71 bits per heavy atom. The minimum Gasteiger partial charge on any atom is -0.465 e. The lowest BCUT2D eigenvalue weighted by atomic mass is 10.2. The summed E-state index contributed by atoms with van der Waals surface area (Å²) in [6.07, 6.45) is 0. The van der Waals surface area contributed by atoms with Gasteiger partial charge >= 0.3 is 5.97 Å². The Morgan fingerprint density at radius 2 is 2.05 bits per heavy atom. The van der Waals surface area contributed by atoms with Gasteiger partial charge in [0.15, 0.2) is 0 Å². The number of nitrogens with one attached hydrogen (secondary N) is 1. The van der Waals surface area contributed by atoms with E-state index in [4.69, 9.17) is 23.2 Å². The number of ether oxygens (including phenoxy) is 1. The predicted octanol–water partition coefficient (Wildman–Crippen LogP) is 3.80. The summed E-state index contributed by atoms with van der Waals surface area (Å²) in [4.78, 5) is 28.1. The minimum atomic E-state index is -0.547. The van der Waals surface area contributed by atoms with Gasteiger partial charge in [0.25, 0.3) is 5.91 Å². The summed E-state index contributed by atoms with van der Waals surface area (Å²) < 4.78 is 4.68. The van der Waals surface area contributed by atoms with Crippen molar-refractivity contribution in [2.45, 2.75) is 6.92 Å². The number of pyridine rings is 1. The lowest BCUT2D eigenvalue weighted by Gasteiger charge is -2.08. The summed E-state index contributed by atoms with van der Waals surface area (Å²) >= 11 is 12.9. The number of hydrogen-bond donors (Lipinski definition) is 1. The SMILES string of the molecule is COC(=O)c1scc(C)c1NC(=O)c1nc(Cl)ccc1Cl. The number of nitrogens with zero attached hydrogens (tertiary/aromatic N) is 1. The molecule has 0 bridgehead atoms. The molecular weight excluding hydrogens is 335 g/mol. The predicted molar refractivity (Wildman–Crippen MR) is 82.6 cm³/mol. The highest BCUT2D eigenvalue weighted by molar-refractivity contribution is 7.12. The van der Waals surface area contributed by atoms with E-state index in [2.05, 4.69) is 15.0 Å². The first kappa shape index (κ1) is 15.8. The molecule has 0 radical (unpaired) electrons. The van der Waals surface area contributed by atoms with Gasteiger partial charge in [0.2, 0.25) is 0 Å². The number of anilines is 1. The standard InChI is InChI=1S/C13H10Cl2N2O3S/c1-6-5-21-11(13(19)20-2)9(6)17-12(18)10-7(14)3-4-8(15)16-10/h3-5H,1-2H3,(H,17,18). The number of halogens is 2. The Balaban J connectivity index is 2.34. The van der Waals surface area contributed by atoms with Gasteiger partial charge in [-0.3, -0.25) is 4.79 Å². The molecule has 0 aliphatic heterocycles. The monoisotopic (exact) mass is 344 g/mol. The Morgan fingerprint density at radius 1 is 1.33 bits per heavy atom. The maximum atomic E-state index is 12.2. The van der Waals surface area contributed by atoms with E-state index < -0.39 is 11.9 Å². The molecule has 0 atom stereocenters. The third-order valence-electron chi connectivity index (χ3n) is 2.61. The summed E-state index contributed by atoms with van der Waals surface area (Å²) in [7, 11) is 1.28. The van der Waals surface area contributed by atoms with Crippen molar-refractivity contribution < 1.29 is 14.3 Å². The van der Waals surface area contributed by atoms with Gasteiger partial charge in [-0.2, -0.15) is 0 Å². The van der Waals surface area contributed by atoms with Crippen molar-refractivity contribution >= 4 is 52.1 Å². The number of carbonyl (C=O) groups excluding carboxylic acids is 2. The number of amides is 1. The maximum Gasteiger partial charge on any atom is 0.350 e. The molecule has 1 amide bonds. The van der Waals surface area contributed by atoms with Gasteiger partial charge in [-0.15, -0.1) is 11.3 Å². The van der Waals surface area contributed by atoms with Crippen LogP contribution in [0.15, 0.2) is 17.5 Å². The Labute approximate surface area is 134 Å². The van der Waals surface area contributed by atoms with Crippen LogP contribution in [0.25, 0.3) is 0 Å². The van der Waals surface area contributed by atoms with Crippen LogP contribution < -0.4 is 5.32 Å². The first-order valence-corrected chi connectivity index (χ1v) is 7.37. The van der Waals surface area contributed by atoms with E-state index in [1.54, 1.807) is 12.3 Å². The van der Waals surface area contributed by atoms with Crippen molar-refractivity contribution in [2.24, 2.45) is 0 Å². The highest BCUT2D eigenvalue weighted by Gasteiger charge is 2.21. The molecule has 0 saturated heterocycles. The van der Waals surface area contributed by atoms with Crippen LogP contribution in [0.2, 0.25) is 10.2 Å². The van der Waals surface area contributed by atoms with Crippen LogP contribution in [0.3, 0.4) is 0 Å². The van der Waals surface area contributed by atoms with Crippen LogP contribution in [-0.2, 0) is 4.74 Å². The van der Waals surface area contributed by atoms with E-state index in [1.807, 2.05) is 0 Å². The third kappa shape index (κ3) is 3.34. The molecular formula is C13H10Cl2N2O3S. The molecule has 21 heavy (non-hydrogen) atoms. The van der Waals surface area contributed by atoms with E-state index in [0.29, 0.717) is 10.6 Å². The van der Waals surface area contributed by atoms with Gasteiger partial charge in [0, 0.05) is 0 Å². The van der Waals surface area contributed by atoms with Crippen molar-refractivity contribution in [2.75, 3.05) is 12.4 Å². The van der Waals surface area contributed by atoms with Crippen LogP contribution in [0.5, 0.6) is 0 Å². The highest BCUT2D eigenvalue weighted by atomic mass is 35.5. The zero-order valence-corrected chi connectivity index (χ0v) is 13.4. The smallest absolute Gasteiger partial charge is 0.350 e. The molecule has 0 aromatic carbocycles. The summed E-state index contributed by atoms with van der Waals surface area (Å²) in [5.74, 6) is -1.07. The number of esters is 1. The van der Waals surface area contributed by atoms with Gasteiger partial charge in [0.1, 0.15) is 15.7 Å². The van der Waals surface area contributed by atoms with Crippen molar-refractivity contribution in [3.8, 4) is 0 Å². The molecule has 0 aliphatic rings. The zero-order chi connectivity index (χ0) is 15.6. The highest BCUT2D eigenvalue weighted by Crippen LogP contribution is 2.29. The summed E-state index contributed by atoms with van der Waals surface area (Å²) in [6.45, 7) is 1.77. The van der Waals surface area contributed by atoms with E-state index in [1.165, 1.54) is 30.6 Å². The fraction of sp³-hybridized carbons (Fsp3) is 0.154. The van der Waals surface area contributed by atoms with Crippen molar-refractivity contribution in [1.29, 1.82) is 0 Å². The molecule has 110 valence electrons. The van der Waals surface area contributed by atoms with Gasteiger partial charge < -0.3 is 10.1 Å². The number of hydrogen-bond acceptors (Lipinski definition) is 5. The fourth-order valence-electron chi connectivity index (χ4n) is 1.59. The van der Waals surface area contributed by atoms with E-state index in [9.17, 15) is 9.59 Å². The second kappa shape index (κ2) is 6.43. The summed E-state index contributed by atoms with van der Waals surface area (Å²) in [5.41, 5.74) is 1.12. The van der Waals surface area contributed by atoms with Crippen molar-refractivity contribution in [3.05, 3.63) is 43.8 Å². The number of carbonyl (C=O) groups is 2. The van der Waals surface area contributed by atoms with Crippen LogP contribution in [0, 0.1) is 6.92 Å². The normalized spacial score (nSPS) is 10.3. The summed E-state index contributed by atoms with van der Waals surface area (Å²) in [5, 5.41) is 4.69. The number of aryl methyl sites for hydroxylation is 1. The Hall–Kier alpha value is -1.63. The molecule has 2 heterocycles. The first-order chi connectivity index (χ1) is 9.93. The number of thiophene rings is 1. The molecule has 0 fully saturated rings. The molecule has 5 nitrogen and oxygen atoms in total. The van der Waals surface area contributed by atoms with Crippen LogP contribution in [0.1, 0.15) is 25.7 Å². The molecule has 0 unspecified atom stereocenters. The fourth-order valence-corrected chi connectivity index (χ4v) is 2.85. The molecule has 8 heteroatoms. The van der Waals surface area contributed by atoms with E-state index >= 15 is 0 Å². The molecule has 0 aliphatic carbocycles. The second-order valence-corrected chi connectivity index (χ2v) is 5.71. The lowest BCUT2D eigenvalue weighted by molar-refractivity contribution is 0.0607. The second-order valence-electron chi connectivity index (χ2n) is 4.03. The minimum absolute atomic E-state index is 0.00872. The molecule has 2 aromatic heterocycles. The number of aromatic nitrogens is 1. The third-order valence-corrected chi connectivity index (χ3v) is 4.20. The van der Waals surface area contributed by atoms with Crippen LogP contribution in [0.4, 0.5) is 5.69 Å². The largest absolute Gasteiger partial charge is 0.465 e. The molecule has 0 saturated carbocycles. The lowest BCUT2D eigenvalue weighted by Crippen LogP contribution is -2.16. The average molecular weight is 345 g/mol. The number of methoxy groups -OCH3 is 1. The Kier molecular flexibility index (Phi) is 4.82. The van der Waals surface area contributed by atoms with Gasteiger partial charge in [-0.25, -0.2) is 9.78 Å².